The average Bonchev–Trinajstić information content (AvgIpc) is 2.35. The van der Waals surface area contributed by atoms with Gasteiger partial charge in [0.05, 0.1) is 17.1 Å². The fraction of sp³-hybridized carbons (Fsp3) is 0.429. The summed E-state index contributed by atoms with van der Waals surface area (Å²) in [5.41, 5.74) is 6.00. The molecule has 2 N–H and O–H groups in total. The molecule has 0 aliphatic heterocycles. The van der Waals surface area contributed by atoms with Crippen LogP contribution in [0.2, 0.25) is 0 Å². The van der Waals surface area contributed by atoms with E-state index in [1.165, 1.54) is 11.2 Å². The number of anilines is 1. The Morgan fingerprint density at radius 2 is 2.05 bits per heavy atom. The molecule has 0 spiro atoms. The molecule has 1 aromatic rings. The van der Waals surface area contributed by atoms with E-state index < -0.39 is 15.8 Å². The Morgan fingerprint density at radius 1 is 1.45 bits per heavy atom. The first-order valence-corrected chi connectivity index (χ1v) is 7.70. The van der Waals surface area contributed by atoms with Gasteiger partial charge in [0.25, 0.3) is 0 Å². The second-order valence-electron chi connectivity index (χ2n) is 4.59. The number of sulfonamides is 1. The number of hydrogen-bond acceptors (Lipinski definition) is 3. The summed E-state index contributed by atoms with van der Waals surface area (Å²) in [4.78, 5) is 0.0418. The van der Waals surface area contributed by atoms with Gasteiger partial charge in [0.15, 0.2) is 0 Å². The molecule has 0 aliphatic carbocycles. The summed E-state index contributed by atoms with van der Waals surface area (Å²) in [5, 5.41) is 0. The Bertz CT molecular complexity index is 648. The highest BCUT2D eigenvalue weighted by molar-refractivity contribution is 7.89. The summed E-state index contributed by atoms with van der Waals surface area (Å²) in [5.74, 6) is 1.72. The summed E-state index contributed by atoms with van der Waals surface area (Å²) < 4.78 is 40.1. The fourth-order valence-corrected chi connectivity index (χ4v) is 3.98. The molecule has 6 heteroatoms. The minimum Gasteiger partial charge on any atom is -0.396 e. The van der Waals surface area contributed by atoms with Gasteiger partial charge >= 0.3 is 0 Å². The van der Waals surface area contributed by atoms with Crippen molar-refractivity contribution in [2.45, 2.75) is 32.1 Å². The summed E-state index contributed by atoms with van der Waals surface area (Å²) in [6.07, 6.45) is 5.86. The molecule has 0 radical (unpaired) electrons. The van der Waals surface area contributed by atoms with E-state index in [2.05, 4.69) is 5.92 Å². The first-order chi connectivity index (χ1) is 9.27. The van der Waals surface area contributed by atoms with E-state index in [4.69, 9.17) is 12.2 Å². The highest BCUT2D eigenvalue weighted by Gasteiger charge is 2.28. The Balaban J connectivity index is 3.50. The van der Waals surface area contributed by atoms with Gasteiger partial charge in [0, 0.05) is 6.54 Å². The number of nitrogens with two attached hydrogens (primary N) is 1. The summed E-state index contributed by atoms with van der Waals surface area (Å²) in [6.45, 7) is 5.19. The van der Waals surface area contributed by atoms with E-state index in [0.29, 0.717) is 18.5 Å². The van der Waals surface area contributed by atoms with Crippen LogP contribution in [0, 0.1) is 32.0 Å². The van der Waals surface area contributed by atoms with Crippen LogP contribution in [0.5, 0.6) is 0 Å². The number of hydrogen-bond donors (Lipinski definition) is 1. The fourth-order valence-electron chi connectivity index (χ4n) is 2.09. The van der Waals surface area contributed by atoms with Crippen molar-refractivity contribution in [3.05, 3.63) is 23.0 Å². The first-order valence-electron chi connectivity index (χ1n) is 6.26. The third-order valence-corrected chi connectivity index (χ3v) is 5.18. The Labute approximate surface area is 119 Å². The van der Waals surface area contributed by atoms with Crippen LogP contribution in [0.4, 0.5) is 10.1 Å². The molecule has 0 saturated carbocycles. The lowest BCUT2D eigenvalue weighted by molar-refractivity contribution is 0.445. The number of rotatable bonds is 5. The highest BCUT2D eigenvalue weighted by Crippen LogP contribution is 2.29. The van der Waals surface area contributed by atoms with E-state index >= 15 is 0 Å². The van der Waals surface area contributed by atoms with E-state index in [1.807, 2.05) is 6.92 Å². The van der Waals surface area contributed by atoms with Crippen LogP contribution in [-0.2, 0) is 10.0 Å². The van der Waals surface area contributed by atoms with Gasteiger partial charge in [-0.15, -0.1) is 6.42 Å². The zero-order chi connectivity index (χ0) is 15.5. The molecule has 0 bridgehead atoms. The number of halogens is 1. The lowest BCUT2D eigenvalue weighted by atomic mass is 10.1. The molecular weight excluding hydrogens is 279 g/mol. The summed E-state index contributed by atoms with van der Waals surface area (Å²) in [6, 6.07) is 1.13. The standard InChI is InChI=1S/C14H19FN2O2S/c1-5-7-17(8-6-2)20(18,19)14-10(3)9-12(15)13(16)11(14)4/h1,9H,6-8,16H2,2-4H3. The van der Waals surface area contributed by atoms with Crippen LogP contribution in [0.1, 0.15) is 24.5 Å². The molecule has 0 unspecified atom stereocenters. The Hall–Kier alpha value is -1.58. The van der Waals surface area contributed by atoms with Crippen molar-refractivity contribution in [1.82, 2.24) is 4.31 Å². The predicted molar refractivity (Wildman–Crippen MR) is 78.2 cm³/mol. The van der Waals surface area contributed by atoms with Gasteiger partial charge in [-0.2, -0.15) is 4.31 Å². The van der Waals surface area contributed by atoms with Gasteiger partial charge in [-0.3, -0.25) is 0 Å². The minimum atomic E-state index is -3.78. The van der Waals surface area contributed by atoms with Crippen molar-refractivity contribution in [3.8, 4) is 12.3 Å². The topological polar surface area (TPSA) is 63.4 Å². The van der Waals surface area contributed by atoms with Gasteiger partial charge in [0.2, 0.25) is 10.0 Å². The van der Waals surface area contributed by atoms with Crippen LogP contribution in [0.25, 0.3) is 0 Å². The number of terminal acetylenes is 1. The molecule has 0 saturated heterocycles. The summed E-state index contributed by atoms with van der Waals surface area (Å²) in [7, 11) is -3.78. The van der Waals surface area contributed by atoms with Crippen molar-refractivity contribution in [1.29, 1.82) is 0 Å². The molecule has 0 aliphatic rings. The van der Waals surface area contributed by atoms with Gasteiger partial charge in [-0.05, 0) is 37.5 Å². The molecule has 1 rings (SSSR count). The maximum atomic E-state index is 13.5. The quantitative estimate of drug-likeness (QED) is 0.668. The van der Waals surface area contributed by atoms with Crippen LogP contribution in [0.3, 0.4) is 0 Å². The van der Waals surface area contributed by atoms with E-state index in [0.717, 1.165) is 6.07 Å². The van der Waals surface area contributed by atoms with Crippen molar-refractivity contribution in [2.24, 2.45) is 0 Å². The monoisotopic (exact) mass is 298 g/mol. The van der Waals surface area contributed by atoms with Crippen molar-refractivity contribution in [2.75, 3.05) is 18.8 Å². The third kappa shape index (κ3) is 2.94. The third-order valence-electron chi connectivity index (χ3n) is 3.04. The maximum absolute atomic E-state index is 13.5. The average molecular weight is 298 g/mol. The van der Waals surface area contributed by atoms with Crippen LogP contribution < -0.4 is 5.73 Å². The van der Waals surface area contributed by atoms with E-state index in [9.17, 15) is 12.8 Å². The molecule has 0 heterocycles. The van der Waals surface area contributed by atoms with Crippen LogP contribution in [-0.4, -0.2) is 25.8 Å². The van der Waals surface area contributed by atoms with Crippen molar-refractivity contribution in [3.63, 3.8) is 0 Å². The highest BCUT2D eigenvalue weighted by atomic mass is 32.2. The number of nitrogens with zero attached hydrogens (tertiary/aromatic N) is 1. The molecule has 0 atom stereocenters. The molecule has 4 nitrogen and oxygen atoms in total. The molecular formula is C14H19FN2O2S. The second-order valence-corrected chi connectivity index (χ2v) is 6.46. The number of aryl methyl sites for hydroxylation is 1. The Kier molecular flexibility index (Phi) is 5.15. The molecule has 0 fully saturated rings. The van der Waals surface area contributed by atoms with Gasteiger partial charge in [0.1, 0.15) is 5.82 Å². The molecule has 0 aromatic heterocycles. The maximum Gasteiger partial charge on any atom is 0.244 e. The normalized spacial score (nSPS) is 11.6. The lowest BCUT2D eigenvalue weighted by Gasteiger charge is -2.22. The summed E-state index contributed by atoms with van der Waals surface area (Å²) >= 11 is 0. The lowest BCUT2D eigenvalue weighted by Crippen LogP contribution is -2.33. The van der Waals surface area contributed by atoms with E-state index in [1.54, 1.807) is 6.92 Å². The molecule has 1 aromatic carbocycles. The number of nitrogen functional groups attached to an aromatic ring is 1. The predicted octanol–water partition coefficient (Wildman–Crippen LogP) is 2.06. The van der Waals surface area contributed by atoms with Crippen LogP contribution in [0.15, 0.2) is 11.0 Å². The van der Waals surface area contributed by atoms with Crippen molar-refractivity contribution < 1.29 is 12.8 Å². The molecule has 0 amide bonds. The van der Waals surface area contributed by atoms with Gasteiger partial charge in [-0.1, -0.05) is 12.8 Å². The molecule has 20 heavy (non-hydrogen) atoms. The van der Waals surface area contributed by atoms with E-state index in [-0.39, 0.29) is 22.7 Å². The second kappa shape index (κ2) is 6.25. The first kappa shape index (κ1) is 16.5. The zero-order valence-corrected chi connectivity index (χ0v) is 12.7. The smallest absolute Gasteiger partial charge is 0.244 e. The SMILES string of the molecule is C#CCN(CCC)S(=O)(=O)c1c(C)cc(F)c(N)c1C. The zero-order valence-electron chi connectivity index (χ0n) is 11.9. The Morgan fingerprint density at radius 3 is 2.55 bits per heavy atom. The number of benzene rings is 1. The van der Waals surface area contributed by atoms with Crippen molar-refractivity contribution >= 4 is 15.7 Å². The molecule has 110 valence electrons. The largest absolute Gasteiger partial charge is 0.396 e. The van der Waals surface area contributed by atoms with Crippen LogP contribution >= 0.6 is 0 Å². The minimum absolute atomic E-state index is 0.0215. The van der Waals surface area contributed by atoms with Gasteiger partial charge < -0.3 is 5.73 Å². The van der Waals surface area contributed by atoms with Gasteiger partial charge in [-0.25, -0.2) is 12.8 Å².